The summed E-state index contributed by atoms with van der Waals surface area (Å²) < 4.78 is 0. The standard InChI is InChI=1S/C8H7ClN2O3/c1-10-8(12)5-2-3-7(11(13)14)6(9)4-5/h2-4H,1H3,(H,10,12). The molecule has 5 nitrogen and oxygen atoms in total. The normalized spacial score (nSPS) is 9.57. The van der Waals surface area contributed by atoms with Gasteiger partial charge in [0.25, 0.3) is 11.6 Å². The topological polar surface area (TPSA) is 72.2 Å². The average molecular weight is 215 g/mol. The number of rotatable bonds is 2. The molecule has 0 aliphatic rings. The third-order valence-corrected chi connectivity index (χ3v) is 1.94. The first-order valence-electron chi connectivity index (χ1n) is 3.72. The fourth-order valence-corrected chi connectivity index (χ4v) is 1.19. The largest absolute Gasteiger partial charge is 0.355 e. The molecule has 0 fully saturated rings. The Hall–Kier alpha value is -1.62. The van der Waals surface area contributed by atoms with Crippen LogP contribution in [0.25, 0.3) is 0 Å². The molecule has 0 spiro atoms. The average Bonchev–Trinajstić information content (AvgIpc) is 2.15. The maximum atomic E-state index is 11.1. The van der Waals surface area contributed by atoms with Gasteiger partial charge < -0.3 is 5.32 Å². The first-order chi connectivity index (χ1) is 6.56. The number of nitro benzene ring substituents is 1. The zero-order chi connectivity index (χ0) is 10.7. The summed E-state index contributed by atoms with van der Waals surface area (Å²) in [5.74, 6) is -0.332. The molecule has 1 aromatic carbocycles. The van der Waals surface area contributed by atoms with Crippen LogP contribution in [-0.2, 0) is 0 Å². The Bertz CT molecular complexity index is 392. The maximum absolute atomic E-state index is 11.1. The van der Waals surface area contributed by atoms with Crippen LogP contribution in [0.1, 0.15) is 10.4 Å². The molecule has 0 atom stereocenters. The van der Waals surface area contributed by atoms with Gasteiger partial charge in [0.2, 0.25) is 0 Å². The number of carbonyl (C=O) groups is 1. The van der Waals surface area contributed by atoms with Crippen molar-refractivity contribution in [3.63, 3.8) is 0 Å². The first-order valence-corrected chi connectivity index (χ1v) is 4.10. The lowest BCUT2D eigenvalue weighted by Gasteiger charge is -2.00. The maximum Gasteiger partial charge on any atom is 0.287 e. The van der Waals surface area contributed by atoms with Crippen LogP contribution < -0.4 is 5.32 Å². The number of carbonyl (C=O) groups excluding carboxylic acids is 1. The minimum absolute atomic E-state index is 0.0453. The van der Waals surface area contributed by atoms with Crippen LogP contribution in [0, 0.1) is 10.1 Å². The van der Waals surface area contributed by atoms with E-state index in [1.54, 1.807) is 0 Å². The summed E-state index contributed by atoms with van der Waals surface area (Å²) in [6, 6.07) is 3.81. The molecule has 6 heteroatoms. The highest BCUT2D eigenvalue weighted by molar-refractivity contribution is 6.33. The van der Waals surface area contributed by atoms with Crippen LogP contribution in [0.4, 0.5) is 5.69 Å². The summed E-state index contributed by atoms with van der Waals surface area (Å²) in [5, 5.41) is 12.7. The van der Waals surface area contributed by atoms with Crippen LogP contribution in [0.3, 0.4) is 0 Å². The number of benzene rings is 1. The van der Waals surface area contributed by atoms with Crippen molar-refractivity contribution in [1.82, 2.24) is 5.32 Å². The van der Waals surface area contributed by atoms with E-state index < -0.39 is 4.92 Å². The van der Waals surface area contributed by atoms with Gasteiger partial charge in [-0.15, -0.1) is 0 Å². The lowest BCUT2D eigenvalue weighted by molar-refractivity contribution is -0.384. The van der Waals surface area contributed by atoms with Crippen LogP contribution in [-0.4, -0.2) is 17.9 Å². The smallest absolute Gasteiger partial charge is 0.287 e. The van der Waals surface area contributed by atoms with Crippen molar-refractivity contribution in [2.24, 2.45) is 0 Å². The Morgan fingerprint density at radius 2 is 2.21 bits per heavy atom. The van der Waals surface area contributed by atoms with Crippen molar-refractivity contribution in [2.75, 3.05) is 7.05 Å². The Balaban J connectivity index is 3.12. The number of nitrogens with one attached hydrogen (secondary N) is 1. The predicted octanol–water partition coefficient (Wildman–Crippen LogP) is 1.61. The lowest BCUT2D eigenvalue weighted by atomic mass is 10.2. The van der Waals surface area contributed by atoms with E-state index in [-0.39, 0.29) is 16.6 Å². The molecule has 1 rings (SSSR count). The molecule has 0 aliphatic heterocycles. The zero-order valence-corrected chi connectivity index (χ0v) is 8.04. The van der Waals surface area contributed by atoms with Gasteiger partial charge in [-0.05, 0) is 12.1 Å². The van der Waals surface area contributed by atoms with Crippen molar-refractivity contribution in [1.29, 1.82) is 0 Å². The van der Waals surface area contributed by atoms with E-state index >= 15 is 0 Å². The molecule has 0 unspecified atom stereocenters. The molecule has 0 aromatic heterocycles. The van der Waals surface area contributed by atoms with E-state index in [1.807, 2.05) is 0 Å². The summed E-state index contributed by atoms with van der Waals surface area (Å²) in [4.78, 5) is 20.9. The van der Waals surface area contributed by atoms with Crippen molar-refractivity contribution in [2.45, 2.75) is 0 Å². The van der Waals surface area contributed by atoms with Crippen molar-refractivity contribution in [3.8, 4) is 0 Å². The van der Waals surface area contributed by atoms with E-state index in [0.29, 0.717) is 5.56 Å². The molecular weight excluding hydrogens is 208 g/mol. The number of halogens is 1. The van der Waals surface area contributed by atoms with Gasteiger partial charge in [0.05, 0.1) is 4.92 Å². The molecule has 74 valence electrons. The van der Waals surface area contributed by atoms with Crippen LogP contribution in [0.15, 0.2) is 18.2 Å². The van der Waals surface area contributed by atoms with Gasteiger partial charge in [-0.3, -0.25) is 14.9 Å². The minimum atomic E-state index is -0.601. The van der Waals surface area contributed by atoms with Crippen LogP contribution in [0.2, 0.25) is 5.02 Å². The second kappa shape index (κ2) is 4.06. The third kappa shape index (κ3) is 2.00. The number of hydrogen-bond acceptors (Lipinski definition) is 3. The van der Waals surface area contributed by atoms with E-state index in [0.717, 1.165) is 0 Å². The fourth-order valence-electron chi connectivity index (χ4n) is 0.941. The summed E-state index contributed by atoms with van der Waals surface area (Å²) in [6.07, 6.45) is 0. The molecular formula is C8H7ClN2O3. The Morgan fingerprint density at radius 3 is 2.64 bits per heavy atom. The van der Waals surface area contributed by atoms with Gasteiger partial charge in [0, 0.05) is 18.7 Å². The van der Waals surface area contributed by atoms with E-state index in [2.05, 4.69) is 5.32 Å². The predicted molar refractivity (Wildman–Crippen MR) is 51.5 cm³/mol. The molecule has 0 heterocycles. The number of nitro groups is 1. The molecule has 14 heavy (non-hydrogen) atoms. The minimum Gasteiger partial charge on any atom is -0.355 e. The molecule has 0 saturated heterocycles. The molecule has 0 radical (unpaired) electrons. The first kappa shape index (κ1) is 10.5. The second-order valence-electron chi connectivity index (χ2n) is 2.50. The SMILES string of the molecule is CNC(=O)c1ccc([N+](=O)[O-])c(Cl)c1. The third-order valence-electron chi connectivity index (χ3n) is 1.63. The van der Waals surface area contributed by atoms with Gasteiger partial charge in [0.1, 0.15) is 5.02 Å². The highest BCUT2D eigenvalue weighted by atomic mass is 35.5. The fraction of sp³-hybridized carbons (Fsp3) is 0.125. The molecule has 0 aliphatic carbocycles. The Morgan fingerprint density at radius 1 is 1.57 bits per heavy atom. The van der Waals surface area contributed by atoms with Gasteiger partial charge >= 0.3 is 0 Å². The Labute approximate surface area is 84.8 Å². The van der Waals surface area contributed by atoms with Crippen molar-refractivity contribution in [3.05, 3.63) is 38.9 Å². The summed E-state index contributed by atoms with van der Waals surface area (Å²) in [7, 11) is 1.47. The van der Waals surface area contributed by atoms with Gasteiger partial charge in [-0.1, -0.05) is 11.6 Å². The quantitative estimate of drug-likeness (QED) is 0.601. The zero-order valence-electron chi connectivity index (χ0n) is 7.28. The second-order valence-corrected chi connectivity index (χ2v) is 2.91. The molecule has 1 aromatic rings. The summed E-state index contributed by atoms with van der Waals surface area (Å²) in [6.45, 7) is 0. The van der Waals surface area contributed by atoms with Crippen molar-refractivity contribution >= 4 is 23.2 Å². The van der Waals surface area contributed by atoms with Crippen LogP contribution in [0.5, 0.6) is 0 Å². The molecule has 0 bridgehead atoms. The highest BCUT2D eigenvalue weighted by Gasteiger charge is 2.14. The summed E-state index contributed by atoms with van der Waals surface area (Å²) in [5.41, 5.74) is 0.0856. The number of nitrogens with zero attached hydrogens (tertiary/aromatic N) is 1. The van der Waals surface area contributed by atoms with E-state index in [9.17, 15) is 14.9 Å². The Kier molecular flexibility index (Phi) is 3.03. The van der Waals surface area contributed by atoms with Crippen LogP contribution >= 0.6 is 11.6 Å². The molecule has 1 N–H and O–H groups in total. The van der Waals surface area contributed by atoms with E-state index in [4.69, 9.17) is 11.6 Å². The lowest BCUT2D eigenvalue weighted by Crippen LogP contribution is -2.17. The number of amides is 1. The van der Waals surface area contributed by atoms with Gasteiger partial charge in [-0.25, -0.2) is 0 Å². The van der Waals surface area contributed by atoms with Crippen molar-refractivity contribution < 1.29 is 9.72 Å². The van der Waals surface area contributed by atoms with Gasteiger partial charge in [0.15, 0.2) is 0 Å². The summed E-state index contributed by atoms with van der Waals surface area (Å²) >= 11 is 5.60. The number of hydrogen-bond donors (Lipinski definition) is 1. The monoisotopic (exact) mass is 214 g/mol. The van der Waals surface area contributed by atoms with E-state index in [1.165, 1.54) is 25.2 Å². The van der Waals surface area contributed by atoms with Gasteiger partial charge in [-0.2, -0.15) is 0 Å². The molecule has 0 saturated carbocycles. The highest BCUT2D eigenvalue weighted by Crippen LogP contribution is 2.24. The molecule has 1 amide bonds.